The Morgan fingerprint density at radius 1 is 1.09 bits per heavy atom. The highest BCUT2D eigenvalue weighted by atomic mass is 16.2. The van der Waals surface area contributed by atoms with Gasteiger partial charge in [-0.05, 0) is 56.4 Å². The minimum Gasteiger partial charge on any atom is -0.383 e. The molecule has 2 aliphatic carbocycles. The van der Waals surface area contributed by atoms with Gasteiger partial charge in [-0.3, -0.25) is 19.1 Å². The molecule has 0 saturated heterocycles. The van der Waals surface area contributed by atoms with E-state index in [0.29, 0.717) is 25.3 Å². The van der Waals surface area contributed by atoms with Crippen molar-refractivity contribution in [1.82, 2.24) is 9.55 Å². The Kier molecular flexibility index (Phi) is 7.47. The van der Waals surface area contributed by atoms with Crippen molar-refractivity contribution in [3.8, 4) is 0 Å². The van der Waals surface area contributed by atoms with Crippen molar-refractivity contribution >= 4 is 17.4 Å². The van der Waals surface area contributed by atoms with Crippen molar-refractivity contribution in [3.05, 3.63) is 68.4 Å². The van der Waals surface area contributed by atoms with Gasteiger partial charge in [0.15, 0.2) is 5.69 Å². The largest absolute Gasteiger partial charge is 0.383 e. The Labute approximate surface area is 194 Å². The first-order chi connectivity index (χ1) is 16.0. The minimum atomic E-state index is -0.598. The molecular formula is C26H34N4O3. The molecule has 7 heteroatoms. The van der Waals surface area contributed by atoms with Gasteiger partial charge >= 0.3 is 5.69 Å². The third-order valence-electron chi connectivity index (χ3n) is 6.95. The number of anilines is 2. The van der Waals surface area contributed by atoms with E-state index < -0.39 is 11.2 Å². The zero-order chi connectivity index (χ0) is 23.2. The van der Waals surface area contributed by atoms with Crippen LogP contribution < -0.4 is 21.9 Å². The summed E-state index contributed by atoms with van der Waals surface area (Å²) < 4.78 is 1.35. The average Bonchev–Trinajstić information content (AvgIpc) is 3.33. The van der Waals surface area contributed by atoms with E-state index >= 15 is 0 Å². The molecule has 0 bridgehead atoms. The van der Waals surface area contributed by atoms with Crippen molar-refractivity contribution in [1.29, 1.82) is 0 Å². The summed E-state index contributed by atoms with van der Waals surface area (Å²) in [5.41, 5.74) is 7.58. The molecule has 1 aromatic carbocycles. The SMILES string of the molecule is Nc1c(N(CCC2=CCCCC2)C(=O)CC2CCCC2)c(=O)[nH]c(=O)n1Cc1ccccc1. The number of hydrogen-bond donors (Lipinski definition) is 2. The maximum Gasteiger partial charge on any atom is 0.330 e. The molecule has 4 rings (SSSR count). The van der Waals surface area contributed by atoms with Gasteiger partial charge in [0.1, 0.15) is 5.82 Å². The summed E-state index contributed by atoms with van der Waals surface area (Å²) in [6, 6.07) is 9.47. The van der Waals surface area contributed by atoms with Gasteiger partial charge in [0.25, 0.3) is 5.56 Å². The molecule has 0 unspecified atom stereocenters. The van der Waals surface area contributed by atoms with Crippen LogP contribution in [-0.4, -0.2) is 22.0 Å². The minimum absolute atomic E-state index is 0.0463. The number of aromatic amines is 1. The van der Waals surface area contributed by atoms with Crippen LogP contribution in [0.4, 0.5) is 11.5 Å². The Morgan fingerprint density at radius 3 is 2.55 bits per heavy atom. The summed E-state index contributed by atoms with van der Waals surface area (Å²) in [7, 11) is 0. The number of rotatable bonds is 8. The molecule has 1 aromatic heterocycles. The molecule has 0 aliphatic heterocycles. The topological polar surface area (TPSA) is 101 Å². The van der Waals surface area contributed by atoms with Crippen LogP contribution in [0.25, 0.3) is 0 Å². The number of carbonyl (C=O) groups excluding carboxylic acids is 1. The predicted octanol–water partition coefficient (Wildman–Crippen LogP) is 3.97. The normalized spacial score (nSPS) is 16.5. The number of allylic oxidation sites excluding steroid dienone is 1. The van der Waals surface area contributed by atoms with E-state index in [-0.39, 0.29) is 24.0 Å². The number of hydrogen-bond acceptors (Lipinski definition) is 4. The monoisotopic (exact) mass is 450 g/mol. The van der Waals surface area contributed by atoms with Gasteiger partial charge in [0, 0.05) is 13.0 Å². The van der Waals surface area contributed by atoms with Crippen molar-refractivity contribution < 1.29 is 4.79 Å². The molecule has 7 nitrogen and oxygen atoms in total. The number of benzene rings is 1. The standard InChI is InChI=1S/C26H34N4O3/c27-24-23(25(32)28-26(33)30(24)18-21-13-5-2-6-14-21)29(16-15-19-9-3-1-4-10-19)22(31)17-20-11-7-8-12-20/h2,5-6,9,13-14,20H,1,3-4,7-8,10-12,15-18,27H2,(H,28,32,33). The van der Waals surface area contributed by atoms with Gasteiger partial charge in [-0.1, -0.05) is 54.8 Å². The van der Waals surface area contributed by atoms with Crippen LogP contribution in [-0.2, 0) is 11.3 Å². The molecular weight excluding hydrogens is 416 g/mol. The Balaban J connectivity index is 1.67. The predicted molar refractivity (Wildman–Crippen MR) is 131 cm³/mol. The number of nitrogen functional groups attached to an aromatic ring is 1. The van der Waals surface area contributed by atoms with Gasteiger partial charge in [0.05, 0.1) is 6.54 Å². The molecule has 1 fully saturated rings. The van der Waals surface area contributed by atoms with E-state index in [1.807, 2.05) is 30.3 Å². The van der Waals surface area contributed by atoms with Crippen LogP contribution in [0.15, 0.2) is 51.6 Å². The Morgan fingerprint density at radius 2 is 1.85 bits per heavy atom. The number of nitrogens with zero attached hydrogens (tertiary/aromatic N) is 2. The molecule has 176 valence electrons. The lowest BCUT2D eigenvalue weighted by atomic mass is 9.97. The summed E-state index contributed by atoms with van der Waals surface area (Å²) in [6.45, 7) is 0.624. The maximum absolute atomic E-state index is 13.4. The summed E-state index contributed by atoms with van der Waals surface area (Å²) in [4.78, 5) is 42.9. The first kappa shape index (κ1) is 23.1. The fourth-order valence-corrected chi connectivity index (χ4v) is 5.08. The zero-order valence-electron chi connectivity index (χ0n) is 19.2. The highest BCUT2D eigenvalue weighted by molar-refractivity contribution is 5.95. The van der Waals surface area contributed by atoms with Crippen molar-refractivity contribution in [2.24, 2.45) is 5.92 Å². The third-order valence-corrected chi connectivity index (χ3v) is 6.95. The summed E-state index contributed by atoms with van der Waals surface area (Å²) >= 11 is 0. The molecule has 2 aromatic rings. The molecule has 1 saturated carbocycles. The molecule has 2 aliphatic rings. The van der Waals surface area contributed by atoms with Crippen molar-refractivity contribution in [2.45, 2.75) is 70.8 Å². The smallest absolute Gasteiger partial charge is 0.330 e. The lowest BCUT2D eigenvalue weighted by molar-refractivity contribution is -0.119. The second-order valence-electron chi connectivity index (χ2n) is 9.32. The van der Waals surface area contributed by atoms with E-state index in [2.05, 4.69) is 11.1 Å². The van der Waals surface area contributed by atoms with Crippen molar-refractivity contribution in [2.75, 3.05) is 17.2 Å². The van der Waals surface area contributed by atoms with Crippen LogP contribution in [0.5, 0.6) is 0 Å². The number of aromatic nitrogens is 2. The van der Waals surface area contributed by atoms with Gasteiger partial charge < -0.3 is 10.6 Å². The molecule has 0 radical (unpaired) electrons. The van der Waals surface area contributed by atoms with E-state index in [0.717, 1.165) is 50.5 Å². The molecule has 1 heterocycles. The summed E-state index contributed by atoms with van der Waals surface area (Å²) in [6.07, 6.45) is 12.2. The van der Waals surface area contributed by atoms with Crippen LogP contribution >= 0.6 is 0 Å². The van der Waals surface area contributed by atoms with E-state index in [9.17, 15) is 14.4 Å². The van der Waals surface area contributed by atoms with Crippen LogP contribution in [0, 0.1) is 5.92 Å². The fraction of sp³-hybridized carbons (Fsp3) is 0.500. The second kappa shape index (κ2) is 10.7. The molecule has 3 N–H and O–H groups in total. The fourth-order valence-electron chi connectivity index (χ4n) is 5.08. The summed E-state index contributed by atoms with van der Waals surface area (Å²) in [5.74, 6) is 0.315. The van der Waals surface area contributed by atoms with E-state index in [4.69, 9.17) is 5.73 Å². The lowest BCUT2D eigenvalue weighted by Crippen LogP contribution is -2.42. The lowest BCUT2D eigenvalue weighted by Gasteiger charge is -2.26. The molecule has 1 amide bonds. The van der Waals surface area contributed by atoms with Crippen LogP contribution in [0.3, 0.4) is 0 Å². The number of nitrogens with two attached hydrogens (primary N) is 1. The van der Waals surface area contributed by atoms with E-state index in [1.165, 1.54) is 16.6 Å². The highest BCUT2D eigenvalue weighted by Crippen LogP contribution is 2.30. The average molecular weight is 451 g/mol. The number of carbonyl (C=O) groups is 1. The third kappa shape index (κ3) is 5.64. The van der Waals surface area contributed by atoms with Gasteiger partial charge in [-0.25, -0.2) is 4.79 Å². The Hall–Kier alpha value is -3.09. The van der Waals surface area contributed by atoms with E-state index in [1.54, 1.807) is 4.90 Å². The van der Waals surface area contributed by atoms with Gasteiger partial charge in [-0.2, -0.15) is 0 Å². The Bertz CT molecular complexity index is 1110. The zero-order valence-corrected chi connectivity index (χ0v) is 19.2. The van der Waals surface area contributed by atoms with Crippen LogP contribution in [0.1, 0.15) is 69.8 Å². The van der Waals surface area contributed by atoms with Gasteiger partial charge in [0.2, 0.25) is 5.91 Å². The second-order valence-corrected chi connectivity index (χ2v) is 9.32. The first-order valence-electron chi connectivity index (χ1n) is 12.2. The van der Waals surface area contributed by atoms with Crippen LogP contribution in [0.2, 0.25) is 0 Å². The number of H-pyrrole nitrogens is 1. The maximum atomic E-state index is 13.4. The summed E-state index contributed by atoms with van der Waals surface area (Å²) in [5, 5.41) is 0. The molecule has 0 spiro atoms. The van der Waals surface area contributed by atoms with Crippen molar-refractivity contribution in [3.63, 3.8) is 0 Å². The first-order valence-corrected chi connectivity index (χ1v) is 12.2. The number of amides is 1. The molecule has 0 atom stereocenters. The number of nitrogens with one attached hydrogen (secondary N) is 1. The quantitative estimate of drug-likeness (QED) is 0.594. The van der Waals surface area contributed by atoms with Gasteiger partial charge in [-0.15, -0.1) is 0 Å². The molecule has 33 heavy (non-hydrogen) atoms. The highest BCUT2D eigenvalue weighted by Gasteiger charge is 2.27.